The predicted octanol–water partition coefficient (Wildman–Crippen LogP) is 0.471. The van der Waals surface area contributed by atoms with Gasteiger partial charge in [-0.3, -0.25) is 9.59 Å². The second-order valence-corrected chi connectivity index (χ2v) is 9.13. The molecule has 1 saturated heterocycles. The molecular weight excluding hydrogens is 480 g/mol. The van der Waals surface area contributed by atoms with E-state index in [1.807, 2.05) is 12.1 Å². The molecule has 0 unspecified atom stereocenters. The van der Waals surface area contributed by atoms with Gasteiger partial charge in [0, 0.05) is 0 Å². The molecule has 0 aliphatic carbocycles. The van der Waals surface area contributed by atoms with Crippen LogP contribution < -0.4 is 11.5 Å². The molecule has 37 heavy (non-hydrogen) atoms. The number of nitrogens with zero attached hydrogens (tertiary/aromatic N) is 4. The molecule has 194 valence electrons. The van der Waals surface area contributed by atoms with Crippen LogP contribution in [0, 0.1) is 17.2 Å². The summed E-state index contributed by atoms with van der Waals surface area (Å²) in [5.41, 5.74) is 11.1. The lowest BCUT2D eigenvalue weighted by molar-refractivity contribution is -0.162. The van der Waals surface area contributed by atoms with E-state index in [2.05, 4.69) is 10.1 Å². The first kappa shape index (κ1) is 26.0. The zero-order valence-electron chi connectivity index (χ0n) is 20.4. The molecule has 5 N–H and O–H groups in total. The number of carbonyl (C=O) groups excluding carboxylic acids is 2. The van der Waals surface area contributed by atoms with Gasteiger partial charge in [-0.2, -0.15) is 10.4 Å². The highest BCUT2D eigenvalue weighted by atomic mass is 16.6. The molecule has 5 atom stereocenters. The Balaban J connectivity index is 1.63. The van der Waals surface area contributed by atoms with Gasteiger partial charge >= 0.3 is 11.9 Å². The summed E-state index contributed by atoms with van der Waals surface area (Å²) in [5.74, 6) is -1.44. The molecule has 1 fully saturated rings. The quantitative estimate of drug-likeness (QED) is 0.359. The third kappa shape index (κ3) is 4.97. The van der Waals surface area contributed by atoms with Gasteiger partial charge in [0.25, 0.3) is 0 Å². The number of aromatic nitrogens is 3. The zero-order chi connectivity index (χ0) is 26.7. The number of ether oxygens (including phenoxy) is 3. The number of hydrogen-bond acceptors (Lipinski definition) is 11. The number of benzene rings is 1. The summed E-state index contributed by atoms with van der Waals surface area (Å²) in [6, 6.07) is 13.1. The van der Waals surface area contributed by atoms with Crippen molar-refractivity contribution >= 4 is 23.3 Å². The Labute approximate surface area is 212 Å². The predicted molar refractivity (Wildman–Crippen MR) is 129 cm³/mol. The molecule has 0 amide bonds. The van der Waals surface area contributed by atoms with Crippen LogP contribution in [0.25, 0.3) is 5.52 Å². The molecule has 1 aromatic carbocycles. The summed E-state index contributed by atoms with van der Waals surface area (Å²) < 4.78 is 18.3. The van der Waals surface area contributed by atoms with Crippen LogP contribution in [0.2, 0.25) is 0 Å². The number of nitriles is 1. The van der Waals surface area contributed by atoms with Crippen LogP contribution in [0.15, 0.2) is 48.8 Å². The normalized spacial score (nSPS) is 24.1. The molecule has 0 spiro atoms. The Kier molecular flexibility index (Phi) is 7.40. The molecule has 4 rings (SSSR count). The number of rotatable bonds is 8. The Morgan fingerprint density at radius 1 is 1.27 bits per heavy atom. The van der Waals surface area contributed by atoms with Crippen LogP contribution in [-0.4, -0.2) is 62.6 Å². The number of aliphatic hydroxyl groups is 1. The Morgan fingerprint density at radius 3 is 2.68 bits per heavy atom. The zero-order valence-corrected chi connectivity index (χ0v) is 20.4. The summed E-state index contributed by atoms with van der Waals surface area (Å²) >= 11 is 0. The van der Waals surface area contributed by atoms with Gasteiger partial charge in [0.05, 0.1) is 12.1 Å². The van der Waals surface area contributed by atoms with E-state index in [1.54, 1.807) is 44.2 Å². The van der Waals surface area contributed by atoms with Gasteiger partial charge in [0.1, 0.15) is 42.8 Å². The fourth-order valence-corrected chi connectivity index (χ4v) is 4.15. The average molecular weight is 509 g/mol. The number of aliphatic hydroxyl groups excluding tert-OH is 1. The van der Waals surface area contributed by atoms with Crippen molar-refractivity contribution in [1.82, 2.24) is 14.6 Å². The van der Waals surface area contributed by atoms with Gasteiger partial charge in [-0.15, -0.1) is 0 Å². The first-order valence-corrected chi connectivity index (χ1v) is 11.7. The smallest absolute Gasteiger partial charge is 0.323 e. The number of anilines is 1. The fraction of sp³-hybridized carbons (Fsp3) is 0.400. The van der Waals surface area contributed by atoms with Crippen molar-refractivity contribution in [3.63, 3.8) is 0 Å². The number of fused-ring (bicyclic) bond motifs is 1. The molecule has 12 nitrogen and oxygen atoms in total. The van der Waals surface area contributed by atoms with E-state index >= 15 is 0 Å². The van der Waals surface area contributed by atoms with Gasteiger partial charge in [0.2, 0.25) is 5.60 Å². The maximum absolute atomic E-state index is 12.7. The average Bonchev–Trinajstić information content (AvgIpc) is 3.44. The maximum atomic E-state index is 12.7. The first-order valence-electron chi connectivity index (χ1n) is 11.7. The van der Waals surface area contributed by atoms with Crippen LogP contribution >= 0.6 is 0 Å². The van der Waals surface area contributed by atoms with E-state index in [0.717, 1.165) is 5.56 Å². The minimum absolute atomic E-state index is 0.00171. The summed E-state index contributed by atoms with van der Waals surface area (Å²) in [6.45, 7) is 3.10. The number of esters is 2. The van der Waals surface area contributed by atoms with E-state index in [0.29, 0.717) is 5.52 Å². The summed E-state index contributed by atoms with van der Waals surface area (Å²) in [4.78, 5) is 29.1. The van der Waals surface area contributed by atoms with E-state index in [9.17, 15) is 20.0 Å². The van der Waals surface area contributed by atoms with Crippen LogP contribution in [0.3, 0.4) is 0 Å². The van der Waals surface area contributed by atoms with Gasteiger partial charge in [-0.05, 0) is 23.6 Å². The molecular formula is C25H28N6O6. The SMILES string of the molecule is CC(C)[C@H](N)C(=O)O[C@H]1[C@@H](O)[C@](C#N)(c2ccc3c(N)ncnn23)O[C@@H]1COC(=O)Cc1ccccc1. The first-order chi connectivity index (χ1) is 17.7. The molecule has 3 heterocycles. The van der Waals surface area contributed by atoms with Crippen molar-refractivity contribution < 1.29 is 28.9 Å². The van der Waals surface area contributed by atoms with Crippen LogP contribution in [0.4, 0.5) is 5.82 Å². The van der Waals surface area contributed by atoms with Crippen molar-refractivity contribution in [3.05, 3.63) is 60.0 Å². The minimum atomic E-state index is -2.03. The number of nitrogen functional groups attached to an aromatic ring is 1. The second-order valence-electron chi connectivity index (χ2n) is 9.13. The van der Waals surface area contributed by atoms with Gasteiger partial charge in [0.15, 0.2) is 11.9 Å². The van der Waals surface area contributed by atoms with Crippen LogP contribution in [0.5, 0.6) is 0 Å². The summed E-state index contributed by atoms with van der Waals surface area (Å²) in [5, 5.41) is 25.7. The number of carbonyl (C=O) groups is 2. The Bertz CT molecular complexity index is 1320. The van der Waals surface area contributed by atoms with Gasteiger partial charge < -0.3 is 30.8 Å². The highest BCUT2D eigenvalue weighted by molar-refractivity contribution is 5.76. The van der Waals surface area contributed by atoms with E-state index in [1.165, 1.54) is 16.9 Å². The molecule has 0 bridgehead atoms. The van der Waals surface area contributed by atoms with Gasteiger partial charge in [-0.25, -0.2) is 9.50 Å². The lowest BCUT2D eigenvalue weighted by Crippen LogP contribution is -2.46. The highest BCUT2D eigenvalue weighted by Gasteiger charge is 2.60. The maximum Gasteiger partial charge on any atom is 0.323 e. The molecule has 1 aliphatic heterocycles. The summed E-state index contributed by atoms with van der Waals surface area (Å²) in [6.07, 6.45) is -3.02. The van der Waals surface area contributed by atoms with Crippen molar-refractivity contribution in [3.8, 4) is 6.07 Å². The van der Waals surface area contributed by atoms with Crippen molar-refractivity contribution in [2.75, 3.05) is 12.3 Å². The number of nitrogens with two attached hydrogens (primary N) is 2. The van der Waals surface area contributed by atoms with E-state index in [4.69, 9.17) is 25.7 Å². The third-order valence-corrected chi connectivity index (χ3v) is 6.30. The summed E-state index contributed by atoms with van der Waals surface area (Å²) in [7, 11) is 0. The molecule has 3 aromatic rings. The topological polar surface area (TPSA) is 188 Å². The largest absolute Gasteiger partial charge is 0.463 e. The standard InChI is InChI=1S/C25H28N6O6/c1-14(2)20(27)24(34)36-21-17(11-35-19(32)10-15-6-4-3-5-7-15)37-25(12-26,22(21)33)18-9-8-16-23(28)29-13-30-31(16)18/h3-9,13-14,17,20-22,33H,10-11,27H2,1-2H3,(H2,28,29,30)/t17-,20+,21-,22-,25+/m1/s1. The molecule has 12 heteroatoms. The van der Waals surface area contributed by atoms with Crippen molar-refractivity contribution in [2.24, 2.45) is 11.7 Å². The fourth-order valence-electron chi connectivity index (χ4n) is 4.15. The van der Waals surface area contributed by atoms with Gasteiger partial charge in [-0.1, -0.05) is 44.2 Å². The lowest BCUT2D eigenvalue weighted by Gasteiger charge is -2.25. The van der Waals surface area contributed by atoms with E-state index in [-0.39, 0.29) is 30.5 Å². The molecule has 0 radical (unpaired) electrons. The molecule has 0 saturated carbocycles. The van der Waals surface area contributed by atoms with Crippen molar-refractivity contribution in [2.45, 2.75) is 50.2 Å². The van der Waals surface area contributed by atoms with Crippen LogP contribution in [-0.2, 0) is 35.8 Å². The lowest BCUT2D eigenvalue weighted by atomic mass is 9.92. The Hall–Kier alpha value is -4.05. The number of hydrogen-bond donors (Lipinski definition) is 3. The molecule has 2 aromatic heterocycles. The highest BCUT2D eigenvalue weighted by Crippen LogP contribution is 2.42. The molecule has 1 aliphatic rings. The monoisotopic (exact) mass is 508 g/mol. The Morgan fingerprint density at radius 2 is 2.00 bits per heavy atom. The third-order valence-electron chi connectivity index (χ3n) is 6.30. The van der Waals surface area contributed by atoms with Crippen LogP contribution in [0.1, 0.15) is 25.1 Å². The van der Waals surface area contributed by atoms with E-state index < -0.39 is 41.9 Å². The second kappa shape index (κ2) is 10.5. The van der Waals surface area contributed by atoms with Crippen molar-refractivity contribution in [1.29, 1.82) is 5.26 Å². The minimum Gasteiger partial charge on any atom is -0.463 e.